The lowest BCUT2D eigenvalue weighted by Gasteiger charge is -2.14. The molecule has 1 aromatic carbocycles. The maximum Gasteiger partial charge on any atom is 0.253 e. The number of nitrogens with one attached hydrogen (secondary N) is 1. The molecule has 5 heteroatoms. The average molecular weight is 254 g/mol. The van der Waals surface area contributed by atoms with E-state index in [1.807, 2.05) is 13.0 Å². The van der Waals surface area contributed by atoms with Gasteiger partial charge in [-0.3, -0.25) is 14.8 Å². The van der Waals surface area contributed by atoms with Gasteiger partial charge in [0.15, 0.2) is 0 Å². The molecule has 1 atom stereocenters. The molecule has 0 aliphatic rings. The molecule has 0 saturated carbocycles. The van der Waals surface area contributed by atoms with E-state index in [4.69, 9.17) is 5.26 Å². The van der Waals surface area contributed by atoms with E-state index >= 15 is 0 Å². The molecule has 19 heavy (non-hydrogen) atoms. The summed E-state index contributed by atoms with van der Waals surface area (Å²) in [7, 11) is 0. The molecule has 0 radical (unpaired) electrons. The number of nitrogens with zero attached hydrogens (tertiary/aromatic N) is 3. The van der Waals surface area contributed by atoms with Crippen LogP contribution in [0.4, 0.5) is 0 Å². The Hall–Kier alpha value is -2.48. The van der Waals surface area contributed by atoms with Crippen molar-refractivity contribution >= 4 is 16.9 Å². The third-order valence-electron chi connectivity index (χ3n) is 2.91. The van der Waals surface area contributed by atoms with Crippen LogP contribution in [0, 0.1) is 11.3 Å². The zero-order valence-corrected chi connectivity index (χ0v) is 10.6. The van der Waals surface area contributed by atoms with E-state index < -0.39 is 0 Å². The number of para-hydroxylation sites is 1. The van der Waals surface area contributed by atoms with Crippen LogP contribution in [0.3, 0.4) is 0 Å². The van der Waals surface area contributed by atoms with E-state index in [0.717, 1.165) is 6.42 Å². The molecular formula is C14H14N4O. The molecule has 1 unspecified atom stereocenters. The standard InChI is InChI=1S/C14H14N4O/c1-2-10(6-7-15)18-14(19)11-4-3-5-12-13(11)17-9-8-16-12/h3-5,8-10H,2,6H2,1H3,(H,18,19). The summed E-state index contributed by atoms with van der Waals surface area (Å²) in [5.41, 5.74) is 1.75. The van der Waals surface area contributed by atoms with Crippen LogP contribution >= 0.6 is 0 Å². The summed E-state index contributed by atoms with van der Waals surface area (Å²) in [6.45, 7) is 1.94. The lowest BCUT2D eigenvalue weighted by molar-refractivity contribution is 0.0938. The maximum atomic E-state index is 12.2. The Labute approximate surface area is 111 Å². The largest absolute Gasteiger partial charge is 0.348 e. The number of rotatable bonds is 4. The van der Waals surface area contributed by atoms with Crippen molar-refractivity contribution in [1.29, 1.82) is 5.26 Å². The molecule has 5 nitrogen and oxygen atoms in total. The van der Waals surface area contributed by atoms with Crippen molar-refractivity contribution in [2.45, 2.75) is 25.8 Å². The van der Waals surface area contributed by atoms with E-state index in [1.165, 1.54) is 0 Å². The van der Waals surface area contributed by atoms with Gasteiger partial charge in [-0.2, -0.15) is 5.26 Å². The van der Waals surface area contributed by atoms with Gasteiger partial charge >= 0.3 is 0 Å². The van der Waals surface area contributed by atoms with E-state index in [2.05, 4.69) is 21.4 Å². The Kier molecular flexibility index (Phi) is 4.04. The summed E-state index contributed by atoms with van der Waals surface area (Å²) < 4.78 is 0. The minimum Gasteiger partial charge on any atom is -0.348 e. The quantitative estimate of drug-likeness (QED) is 0.905. The topological polar surface area (TPSA) is 78.7 Å². The fourth-order valence-electron chi connectivity index (χ4n) is 1.85. The van der Waals surface area contributed by atoms with Crippen molar-refractivity contribution in [1.82, 2.24) is 15.3 Å². The Morgan fingerprint density at radius 2 is 2.21 bits per heavy atom. The van der Waals surface area contributed by atoms with Gasteiger partial charge in [0.25, 0.3) is 5.91 Å². The first-order valence-electron chi connectivity index (χ1n) is 6.13. The third-order valence-corrected chi connectivity index (χ3v) is 2.91. The molecule has 2 aromatic rings. The van der Waals surface area contributed by atoms with Crippen LogP contribution in [0.1, 0.15) is 30.1 Å². The summed E-state index contributed by atoms with van der Waals surface area (Å²) in [5.74, 6) is -0.215. The Morgan fingerprint density at radius 3 is 2.95 bits per heavy atom. The van der Waals surface area contributed by atoms with Crippen molar-refractivity contribution in [3.8, 4) is 6.07 Å². The van der Waals surface area contributed by atoms with Gasteiger partial charge in [0.05, 0.1) is 23.6 Å². The maximum absolute atomic E-state index is 12.2. The number of nitriles is 1. The van der Waals surface area contributed by atoms with Gasteiger partial charge < -0.3 is 5.32 Å². The van der Waals surface area contributed by atoms with Crippen LogP contribution in [-0.4, -0.2) is 21.9 Å². The van der Waals surface area contributed by atoms with Crippen LogP contribution in [0.25, 0.3) is 11.0 Å². The Morgan fingerprint density at radius 1 is 1.42 bits per heavy atom. The van der Waals surface area contributed by atoms with E-state index in [0.29, 0.717) is 23.0 Å². The van der Waals surface area contributed by atoms with Crippen LogP contribution in [0.2, 0.25) is 0 Å². The first-order chi connectivity index (χ1) is 9.26. The molecule has 96 valence electrons. The molecule has 0 fully saturated rings. The van der Waals surface area contributed by atoms with Crippen LogP contribution in [0.15, 0.2) is 30.6 Å². The molecule has 2 rings (SSSR count). The predicted octanol–water partition coefficient (Wildman–Crippen LogP) is 2.05. The van der Waals surface area contributed by atoms with E-state index in [1.54, 1.807) is 24.5 Å². The predicted molar refractivity (Wildman–Crippen MR) is 71.3 cm³/mol. The number of aromatic nitrogens is 2. The van der Waals surface area contributed by atoms with Crippen molar-refractivity contribution in [2.75, 3.05) is 0 Å². The highest BCUT2D eigenvalue weighted by molar-refractivity contribution is 6.04. The lowest BCUT2D eigenvalue weighted by atomic mass is 10.1. The molecule has 0 aliphatic carbocycles. The Bertz CT molecular complexity index is 627. The van der Waals surface area contributed by atoms with E-state index in [9.17, 15) is 4.79 Å². The normalized spacial score (nSPS) is 11.8. The number of amides is 1. The molecule has 0 aliphatic heterocycles. The lowest BCUT2D eigenvalue weighted by Crippen LogP contribution is -2.34. The van der Waals surface area contributed by atoms with Gasteiger partial charge in [0, 0.05) is 18.4 Å². The van der Waals surface area contributed by atoms with Crippen LogP contribution < -0.4 is 5.32 Å². The van der Waals surface area contributed by atoms with Gasteiger partial charge in [0.1, 0.15) is 5.52 Å². The zero-order chi connectivity index (χ0) is 13.7. The van der Waals surface area contributed by atoms with Gasteiger partial charge in [-0.05, 0) is 18.6 Å². The SMILES string of the molecule is CCC(CC#N)NC(=O)c1cccc2nccnc12. The van der Waals surface area contributed by atoms with Crippen molar-refractivity contribution in [3.05, 3.63) is 36.2 Å². The third kappa shape index (κ3) is 2.86. The summed E-state index contributed by atoms with van der Waals surface area (Å²) in [5, 5.41) is 11.5. The number of hydrogen-bond donors (Lipinski definition) is 1. The van der Waals surface area contributed by atoms with Gasteiger partial charge in [-0.15, -0.1) is 0 Å². The smallest absolute Gasteiger partial charge is 0.253 e. The van der Waals surface area contributed by atoms with Gasteiger partial charge in [-0.25, -0.2) is 0 Å². The second kappa shape index (κ2) is 5.91. The fraction of sp³-hybridized carbons (Fsp3) is 0.286. The second-order valence-corrected chi connectivity index (χ2v) is 4.17. The van der Waals surface area contributed by atoms with Crippen LogP contribution in [-0.2, 0) is 0 Å². The highest BCUT2D eigenvalue weighted by Crippen LogP contribution is 2.14. The summed E-state index contributed by atoms with van der Waals surface area (Å²) in [4.78, 5) is 20.6. The molecule has 0 saturated heterocycles. The zero-order valence-electron chi connectivity index (χ0n) is 10.6. The molecule has 0 spiro atoms. The minimum absolute atomic E-state index is 0.135. The first-order valence-corrected chi connectivity index (χ1v) is 6.13. The monoisotopic (exact) mass is 254 g/mol. The molecule has 1 aromatic heterocycles. The average Bonchev–Trinajstić information content (AvgIpc) is 2.46. The summed E-state index contributed by atoms with van der Waals surface area (Å²) in [6, 6.07) is 7.24. The number of hydrogen-bond acceptors (Lipinski definition) is 4. The molecule has 1 amide bonds. The van der Waals surface area contributed by atoms with Gasteiger partial charge in [0.2, 0.25) is 0 Å². The first kappa shape index (κ1) is 13.0. The van der Waals surface area contributed by atoms with E-state index in [-0.39, 0.29) is 11.9 Å². The molecule has 0 bridgehead atoms. The number of carbonyl (C=O) groups excluding carboxylic acids is 1. The van der Waals surface area contributed by atoms with Crippen molar-refractivity contribution in [2.24, 2.45) is 0 Å². The van der Waals surface area contributed by atoms with Crippen molar-refractivity contribution < 1.29 is 4.79 Å². The fourth-order valence-corrected chi connectivity index (χ4v) is 1.85. The summed E-state index contributed by atoms with van der Waals surface area (Å²) in [6.07, 6.45) is 4.18. The Balaban J connectivity index is 2.29. The molecular weight excluding hydrogens is 240 g/mol. The molecule has 1 heterocycles. The highest BCUT2D eigenvalue weighted by atomic mass is 16.1. The highest BCUT2D eigenvalue weighted by Gasteiger charge is 2.15. The number of carbonyl (C=O) groups is 1. The van der Waals surface area contributed by atoms with Crippen LogP contribution in [0.5, 0.6) is 0 Å². The minimum atomic E-state index is -0.215. The summed E-state index contributed by atoms with van der Waals surface area (Å²) >= 11 is 0. The number of fused-ring (bicyclic) bond motifs is 1. The van der Waals surface area contributed by atoms with Crippen molar-refractivity contribution in [3.63, 3.8) is 0 Å². The van der Waals surface area contributed by atoms with Gasteiger partial charge in [-0.1, -0.05) is 13.0 Å². The number of benzene rings is 1. The molecule has 1 N–H and O–H groups in total. The second-order valence-electron chi connectivity index (χ2n) is 4.17.